The number of hydrogen-bond donors (Lipinski definition) is 0. The number of nitrogens with zero attached hydrogens (tertiary/aromatic N) is 4. The zero-order valence-electron chi connectivity index (χ0n) is 19.3. The zero-order valence-corrected chi connectivity index (χ0v) is 19.3. The van der Waals surface area contributed by atoms with Crippen LogP contribution in [0.2, 0.25) is 0 Å². The first-order valence-electron chi connectivity index (χ1n) is 11.9. The van der Waals surface area contributed by atoms with Crippen LogP contribution in [0, 0.1) is 0 Å². The molecular formula is C32H20N4. The van der Waals surface area contributed by atoms with Crippen LogP contribution in [-0.2, 0) is 0 Å². The highest BCUT2D eigenvalue weighted by atomic mass is 14.9. The monoisotopic (exact) mass is 460 g/mol. The highest BCUT2D eigenvalue weighted by Gasteiger charge is 2.12. The summed E-state index contributed by atoms with van der Waals surface area (Å²) in [4.78, 5) is 19.4. The number of aromatic nitrogens is 4. The summed E-state index contributed by atoms with van der Waals surface area (Å²) in [7, 11) is 0. The number of hydrogen-bond acceptors (Lipinski definition) is 4. The Bertz CT molecular complexity index is 1880. The first-order valence-corrected chi connectivity index (χ1v) is 11.9. The summed E-state index contributed by atoms with van der Waals surface area (Å²) in [6.07, 6.45) is 1.82. The Kier molecular flexibility index (Phi) is 4.74. The molecular weight excluding hydrogens is 440 g/mol. The first kappa shape index (κ1) is 20.4. The van der Waals surface area contributed by atoms with E-state index in [4.69, 9.17) is 15.0 Å². The third-order valence-electron chi connectivity index (χ3n) is 6.52. The van der Waals surface area contributed by atoms with E-state index < -0.39 is 0 Å². The van der Waals surface area contributed by atoms with Crippen LogP contribution in [0.25, 0.3) is 66.6 Å². The summed E-state index contributed by atoms with van der Waals surface area (Å²) < 4.78 is 0. The molecule has 0 saturated heterocycles. The number of pyridine rings is 2. The van der Waals surface area contributed by atoms with Gasteiger partial charge in [0.05, 0.1) is 27.9 Å². The predicted molar refractivity (Wildman–Crippen MR) is 146 cm³/mol. The SMILES string of the molecule is c1ccc(-c2nc(-c3ccc(-c4ccc5ccc6cccnc6c5n4)cc3)nc3ccccc23)cc1. The molecule has 0 radical (unpaired) electrons. The first-order chi connectivity index (χ1) is 17.8. The Labute approximate surface area is 208 Å². The Hall–Kier alpha value is -4.96. The third kappa shape index (κ3) is 3.48. The number of para-hydroxylation sites is 1. The van der Waals surface area contributed by atoms with Crippen LogP contribution in [0.3, 0.4) is 0 Å². The van der Waals surface area contributed by atoms with Crippen molar-refractivity contribution >= 4 is 32.7 Å². The quantitative estimate of drug-likeness (QED) is 0.253. The van der Waals surface area contributed by atoms with Gasteiger partial charge in [0.2, 0.25) is 0 Å². The zero-order chi connectivity index (χ0) is 23.9. The molecule has 3 aromatic heterocycles. The molecule has 0 atom stereocenters. The average Bonchev–Trinajstić information content (AvgIpc) is 2.97. The van der Waals surface area contributed by atoms with E-state index in [1.54, 1.807) is 0 Å². The van der Waals surface area contributed by atoms with Gasteiger partial charge in [0.15, 0.2) is 5.82 Å². The number of benzene rings is 4. The lowest BCUT2D eigenvalue weighted by atomic mass is 10.0. The highest BCUT2D eigenvalue weighted by molar-refractivity contribution is 6.03. The maximum Gasteiger partial charge on any atom is 0.160 e. The molecule has 0 aliphatic rings. The van der Waals surface area contributed by atoms with E-state index in [9.17, 15) is 0 Å². The van der Waals surface area contributed by atoms with Crippen LogP contribution in [0.15, 0.2) is 121 Å². The summed E-state index contributed by atoms with van der Waals surface area (Å²) in [5.41, 5.74) is 7.71. The fourth-order valence-corrected chi connectivity index (χ4v) is 4.70. The molecule has 4 heteroatoms. The van der Waals surface area contributed by atoms with Crippen molar-refractivity contribution in [2.75, 3.05) is 0 Å². The van der Waals surface area contributed by atoms with Crippen LogP contribution in [0.5, 0.6) is 0 Å². The van der Waals surface area contributed by atoms with Gasteiger partial charge < -0.3 is 0 Å². The van der Waals surface area contributed by atoms with Crippen molar-refractivity contribution in [3.63, 3.8) is 0 Å². The summed E-state index contributed by atoms with van der Waals surface area (Å²) >= 11 is 0. The predicted octanol–water partition coefficient (Wildman–Crippen LogP) is 7.73. The van der Waals surface area contributed by atoms with E-state index in [0.29, 0.717) is 5.82 Å². The van der Waals surface area contributed by atoms with Gasteiger partial charge in [0.25, 0.3) is 0 Å². The molecule has 0 aliphatic heterocycles. The lowest BCUT2D eigenvalue weighted by molar-refractivity contribution is 1.23. The second kappa shape index (κ2) is 8.36. The third-order valence-corrected chi connectivity index (χ3v) is 6.52. The Morgan fingerprint density at radius 2 is 1.17 bits per heavy atom. The molecule has 7 rings (SSSR count). The van der Waals surface area contributed by atoms with E-state index >= 15 is 0 Å². The van der Waals surface area contributed by atoms with Crippen LogP contribution >= 0.6 is 0 Å². The van der Waals surface area contributed by atoms with Gasteiger partial charge in [-0.25, -0.2) is 15.0 Å². The molecule has 7 aromatic rings. The van der Waals surface area contributed by atoms with Gasteiger partial charge in [-0.05, 0) is 18.2 Å². The van der Waals surface area contributed by atoms with Crippen molar-refractivity contribution in [1.29, 1.82) is 0 Å². The molecule has 0 bridgehead atoms. The lowest BCUT2D eigenvalue weighted by Gasteiger charge is -2.10. The van der Waals surface area contributed by atoms with E-state index in [2.05, 4.69) is 77.8 Å². The fourth-order valence-electron chi connectivity index (χ4n) is 4.70. The van der Waals surface area contributed by atoms with Gasteiger partial charge in [0, 0.05) is 39.0 Å². The molecule has 168 valence electrons. The summed E-state index contributed by atoms with van der Waals surface area (Å²) in [6.45, 7) is 0. The van der Waals surface area contributed by atoms with Crippen LogP contribution in [0.4, 0.5) is 0 Å². The second-order valence-electron chi connectivity index (χ2n) is 8.77. The fraction of sp³-hybridized carbons (Fsp3) is 0. The van der Waals surface area contributed by atoms with Gasteiger partial charge in [0.1, 0.15) is 0 Å². The van der Waals surface area contributed by atoms with Crippen molar-refractivity contribution in [3.05, 3.63) is 121 Å². The Balaban J connectivity index is 1.32. The van der Waals surface area contributed by atoms with Gasteiger partial charge in [-0.2, -0.15) is 0 Å². The normalized spacial score (nSPS) is 11.3. The molecule has 0 unspecified atom stereocenters. The smallest absolute Gasteiger partial charge is 0.160 e. The minimum atomic E-state index is 0.709. The maximum atomic E-state index is 4.98. The molecule has 3 heterocycles. The van der Waals surface area contributed by atoms with Gasteiger partial charge in [-0.1, -0.05) is 97.1 Å². The standard InChI is InChI=1S/C32H20N4/c1-2-7-22(8-3-1)29-26-10-4-5-11-28(26)35-32(36-29)25-16-12-21(13-17-25)27-19-18-24-15-14-23-9-6-20-33-30(23)31(24)34-27/h1-20H. The summed E-state index contributed by atoms with van der Waals surface area (Å²) in [6, 6.07) is 39.1. The highest BCUT2D eigenvalue weighted by Crippen LogP contribution is 2.31. The molecule has 0 N–H and O–H groups in total. The molecule has 0 fully saturated rings. The molecule has 4 nitrogen and oxygen atoms in total. The topological polar surface area (TPSA) is 51.6 Å². The second-order valence-corrected chi connectivity index (χ2v) is 8.77. The van der Waals surface area contributed by atoms with Crippen LogP contribution < -0.4 is 0 Å². The van der Waals surface area contributed by atoms with Crippen molar-refractivity contribution in [2.45, 2.75) is 0 Å². The number of rotatable bonds is 3. The van der Waals surface area contributed by atoms with Crippen LogP contribution in [-0.4, -0.2) is 19.9 Å². The van der Waals surface area contributed by atoms with Crippen LogP contribution in [0.1, 0.15) is 0 Å². The molecule has 4 aromatic carbocycles. The van der Waals surface area contributed by atoms with Crippen molar-refractivity contribution < 1.29 is 0 Å². The molecule has 0 spiro atoms. The molecule has 36 heavy (non-hydrogen) atoms. The molecule has 0 saturated carbocycles. The summed E-state index contributed by atoms with van der Waals surface area (Å²) in [5, 5.41) is 3.22. The Morgan fingerprint density at radius 3 is 2.03 bits per heavy atom. The van der Waals surface area contributed by atoms with E-state index in [1.807, 2.05) is 48.7 Å². The number of fused-ring (bicyclic) bond motifs is 4. The van der Waals surface area contributed by atoms with Gasteiger partial charge in [-0.3, -0.25) is 4.98 Å². The lowest BCUT2D eigenvalue weighted by Crippen LogP contribution is -1.95. The minimum Gasteiger partial charge on any atom is -0.254 e. The van der Waals surface area contributed by atoms with Crippen molar-refractivity contribution in [1.82, 2.24) is 19.9 Å². The Morgan fingerprint density at radius 1 is 0.444 bits per heavy atom. The average molecular weight is 461 g/mol. The summed E-state index contributed by atoms with van der Waals surface area (Å²) in [5.74, 6) is 0.709. The molecule has 0 aliphatic carbocycles. The van der Waals surface area contributed by atoms with E-state index in [0.717, 1.165) is 60.8 Å². The van der Waals surface area contributed by atoms with Gasteiger partial charge >= 0.3 is 0 Å². The largest absolute Gasteiger partial charge is 0.254 e. The van der Waals surface area contributed by atoms with Gasteiger partial charge in [-0.15, -0.1) is 0 Å². The maximum absolute atomic E-state index is 4.98. The minimum absolute atomic E-state index is 0.709. The molecule has 0 amide bonds. The van der Waals surface area contributed by atoms with E-state index in [-0.39, 0.29) is 0 Å². The van der Waals surface area contributed by atoms with Crippen molar-refractivity contribution in [2.24, 2.45) is 0 Å². The van der Waals surface area contributed by atoms with Crippen molar-refractivity contribution in [3.8, 4) is 33.9 Å². The van der Waals surface area contributed by atoms with E-state index in [1.165, 1.54) is 0 Å².